The van der Waals surface area contributed by atoms with Gasteiger partial charge in [0.05, 0.1) is 0 Å². The third-order valence-corrected chi connectivity index (χ3v) is 4.74. The first kappa shape index (κ1) is 11.0. The van der Waals surface area contributed by atoms with Crippen molar-refractivity contribution in [2.45, 2.75) is 32.1 Å². The second-order valence-electron chi connectivity index (χ2n) is 4.94. The normalized spacial score (nSPS) is 17.8. The lowest BCUT2D eigenvalue weighted by molar-refractivity contribution is -0.120. The van der Waals surface area contributed by atoms with E-state index < -0.39 is 0 Å². The third kappa shape index (κ3) is 2.27. The molecule has 0 radical (unpaired) electrons. The molecule has 1 aliphatic carbocycles. The van der Waals surface area contributed by atoms with Gasteiger partial charge >= 0.3 is 0 Å². The summed E-state index contributed by atoms with van der Waals surface area (Å²) in [4.78, 5) is 11.2. The van der Waals surface area contributed by atoms with Crippen LogP contribution in [0.25, 0.3) is 10.1 Å². The molecule has 2 heteroatoms. The van der Waals surface area contributed by atoms with Crippen molar-refractivity contribution in [1.82, 2.24) is 0 Å². The van der Waals surface area contributed by atoms with Crippen molar-refractivity contribution < 1.29 is 4.79 Å². The quantitative estimate of drug-likeness (QED) is 0.773. The van der Waals surface area contributed by atoms with Gasteiger partial charge in [-0.05, 0) is 47.6 Å². The molecule has 1 aliphatic rings. The number of thiophene rings is 1. The maximum atomic E-state index is 11.2. The molecule has 0 N–H and O–H groups in total. The van der Waals surface area contributed by atoms with Crippen molar-refractivity contribution in [1.29, 1.82) is 0 Å². The Balaban J connectivity index is 1.78. The minimum atomic E-state index is 0.455. The van der Waals surface area contributed by atoms with E-state index in [1.54, 1.807) is 0 Å². The van der Waals surface area contributed by atoms with E-state index in [-0.39, 0.29) is 0 Å². The summed E-state index contributed by atoms with van der Waals surface area (Å²) >= 11 is 1.84. The molecule has 0 aliphatic heterocycles. The Hall–Kier alpha value is -1.15. The van der Waals surface area contributed by atoms with Crippen LogP contribution in [0.1, 0.15) is 31.2 Å². The highest BCUT2D eigenvalue weighted by atomic mass is 32.1. The Morgan fingerprint density at radius 3 is 2.76 bits per heavy atom. The molecule has 1 heterocycles. The molecule has 88 valence electrons. The lowest BCUT2D eigenvalue weighted by Crippen LogP contribution is -2.15. The molecule has 1 aromatic carbocycles. The lowest BCUT2D eigenvalue weighted by atomic mass is 9.84. The van der Waals surface area contributed by atoms with Crippen molar-refractivity contribution in [2.75, 3.05) is 0 Å². The Kier molecular flexibility index (Phi) is 2.98. The highest BCUT2D eigenvalue weighted by molar-refractivity contribution is 7.17. The average molecular weight is 244 g/mol. The molecule has 1 aromatic heterocycles. The van der Waals surface area contributed by atoms with Crippen molar-refractivity contribution >= 4 is 27.2 Å². The highest BCUT2D eigenvalue weighted by Crippen LogP contribution is 2.31. The van der Waals surface area contributed by atoms with Crippen LogP contribution in [-0.2, 0) is 11.2 Å². The van der Waals surface area contributed by atoms with Crippen molar-refractivity contribution in [2.24, 2.45) is 5.92 Å². The number of hydrogen-bond acceptors (Lipinski definition) is 2. The Labute approximate surface area is 105 Å². The zero-order valence-corrected chi connectivity index (χ0v) is 10.6. The summed E-state index contributed by atoms with van der Waals surface area (Å²) in [5.74, 6) is 1.17. The summed E-state index contributed by atoms with van der Waals surface area (Å²) < 4.78 is 1.38. The van der Waals surface area contributed by atoms with Crippen LogP contribution in [0.4, 0.5) is 0 Å². The molecular formula is C15H16OS. The van der Waals surface area contributed by atoms with Gasteiger partial charge in [-0.2, -0.15) is 0 Å². The molecule has 0 amide bonds. The molecular weight excluding hydrogens is 228 g/mol. The summed E-state index contributed by atoms with van der Waals surface area (Å²) in [5, 5.41) is 3.70. The van der Waals surface area contributed by atoms with Gasteiger partial charge in [0.25, 0.3) is 0 Å². The number of carbonyl (C=O) groups is 1. The number of Topliss-reactive ketones (excluding diaryl/α,β-unsaturated/α-hetero) is 1. The van der Waals surface area contributed by atoms with E-state index in [1.807, 2.05) is 11.3 Å². The molecule has 0 bridgehead atoms. The number of rotatable bonds is 2. The number of fused-ring (bicyclic) bond motifs is 1. The van der Waals surface area contributed by atoms with Gasteiger partial charge in [-0.15, -0.1) is 11.3 Å². The monoisotopic (exact) mass is 244 g/mol. The van der Waals surface area contributed by atoms with Crippen LogP contribution in [0.5, 0.6) is 0 Å². The molecule has 0 atom stereocenters. The Morgan fingerprint density at radius 1 is 1.18 bits per heavy atom. The molecule has 2 aromatic rings. The first-order chi connectivity index (χ1) is 8.33. The van der Waals surface area contributed by atoms with Crippen LogP contribution in [0.2, 0.25) is 0 Å². The summed E-state index contributed by atoms with van der Waals surface area (Å²) in [7, 11) is 0. The van der Waals surface area contributed by atoms with Gasteiger partial charge in [-0.1, -0.05) is 18.2 Å². The van der Waals surface area contributed by atoms with E-state index in [2.05, 4.69) is 29.6 Å². The van der Waals surface area contributed by atoms with E-state index in [0.717, 1.165) is 32.1 Å². The predicted molar refractivity (Wildman–Crippen MR) is 72.5 cm³/mol. The van der Waals surface area contributed by atoms with Gasteiger partial charge in [0.2, 0.25) is 0 Å². The topological polar surface area (TPSA) is 17.1 Å². The smallest absolute Gasteiger partial charge is 0.132 e. The fourth-order valence-electron chi connectivity index (χ4n) is 2.71. The standard InChI is InChI=1S/C15H16OS/c16-13-7-5-11(6-8-13)9-12-10-17-15-4-2-1-3-14(12)15/h1-4,10-11H,5-9H2. The fourth-order valence-corrected chi connectivity index (χ4v) is 3.68. The van der Waals surface area contributed by atoms with E-state index in [0.29, 0.717) is 11.7 Å². The van der Waals surface area contributed by atoms with Crippen LogP contribution in [-0.4, -0.2) is 5.78 Å². The van der Waals surface area contributed by atoms with Crippen LogP contribution in [0, 0.1) is 5.92 Å². The molecule has 1 nitrogen and oxygen atoms in total. The molecule has 0 spiro atoms. The molecule has 0 saturated heterocycles. The second kappa shape index (κ2) is 4.61. The first-order valence-corrected chi connectivity index (χ1v) is 7.18. The number of carbonyl (C=O) groups excluding carboxylic acids is 1. The van der Waals surface area contributed by atoms with E-state index in [9.17, 15) is 4.79 Å². The van der Waals surface area contributed by atoms with E-state index in [4.69, 9.17) is 0 Å². The lowest BCUT2D eigenvalue weighted by Gasteiger charge is -2.20. The zero-order valence-electron chi connectivity index (χ0n) is 9.82. The van der Waals surface area contributed by atoms with Crippen LogP contribution in [0.15, 0.2) is 29.6 Å². The number of benzene rings is 1. The largest absolute Gasteiger partial charge is 0.300 e. The molecule has 3 rings (SSSR count). The molecule has 17 heavy (non-hydrogen) atoms. The highest BCUT2D eigenvalue weighted by Gasteiger charge is 2.19. The molecule has 0 unspecified atom stereocenters. The van der Waals surface area contributed by atoms with Gasteiger partial charge in [-0.25, -0.2) is 0 Å². The number of hydrogen-bond donors (Lipinski definition) is 0. The number of ketones is 1. The second-order valence-corrected chi connectivity index (χ2v) is 5.85. The Bertz CT molecular complexity index is 531. The van der Waals surface area contributed by atoms with E-state index >= 15 is 0 Å². The van der Waals surface area contributed by atoms with Crippen LogP contribution >= 0.6 is 11.3 Å². The zero-order chi connectivity index (χ0) is 11.7. The fraction of sp³-hybridized carbons (Fsp3) is 0.400. The summed E-state index contributed by atoms with van der Waals surface area (Å²) in [6.07, 6.45) is 4.92. The molecule has 1 fully saturated rings. The third-order valence-electron chi connectivity index (χ3n) is 3.73. The SMILES string of the molecule is O=C1CCC(Cc2csc3ccccc23)CC1. The minimum absolute atomic E-state index is 0.455. The average Bonchev–Trinajstić information content (AvgIpc) is 2.76. The van der Waals surface area contributed by atoms with E-state index in [1.165, 1.54) is 15.6 Å². The first-order valence-electron chi connectivity index (χ1n) is 6.30. The van der Waals surface area contributed by atoms with Crippen molar-refractivity contribution in [3.8, 4) is 0 Å². The maximum Gasteiger partial charge on any atom is 0.132 e. The Morgan fingerprint density at radius 2 is 1.94 bits per heavy atom. The van der Waals surface area contributed by atoms with Gasteiger partial charge in [0.1, 0.15) is 5.78 Å². The van der Waals surface area contributed by atoms with Gasteiger partial charge < -0.3 is 0 Å². The van der Waals surface area contributed by atoms with Crippen molar-refractivity contribution in [3.63, 3.8) is 0 Å². The van der Waals surface area contributed by atoms with Crippen LogP contribution in [0.3, 0.4) is 0 Å². The summed E-state index contributed by atoms with van der Waals surface area (Å²) in [5.41, 5.74) is 1.48. The van der Waals surface area contributed by atoms with Gasteiger partial charge in [-0.3, -0.25) is 4.79 Å². The summed E-state index contributed by atoms with van der Waals surface area (Å²) in [6.45, 7) is 0. The van der Waals surface area contributed by atoms with Crippen molar-refractivity contribution in [3.05, 3.63) is 35.2 Å². The van der Waals surface area contributed by atoms with Gasteiger partial charge in [0, 0.05) is 17.5 Å². The molecule has 1 saturated carbocycles. The summed E-state index contributed by atoms with van der Waals surface area (Å²) in [6, 6.07) is 8.62. The minimum Gasteiger partial charge on any atom is -0.300 e. The predicted octanol–water partition coefficient (Wildman–Crippen LogP) is 4.20. The van der Waals surface area contributed by atoms with Crippen LogP contribution < -0.4 is 0 Å². The maximum absolute atomic E-state index is 11.2. The van der Waals surface area contributed by atoms with Gasteiger partial charge in [0.15, 0.2) is 0 Å².